The molecule has 0 fully saturated rings. The number of hydrogen-bond donors (Lipinski definition) is 1. The van der Waals surface area contributed by atoms with E-state index in [1.807, 2.05) is 0 Å². The van der Waals surface area contributed by atoms with Crippen LogP contribution in [0.1, 0.15) is 29.2 Å². The van der Waals surface area contributed by atoms with Crippen LogP contribution in [0.4, 0.5) is 0 Å². The van der Waals surface area contributed by atoms with Crippen LogP contribution in [-0.4, -0.2) is 21.3 Å². The molecule has 0 amide bonds. The number of thioether (sulfide) groups is 1. The lowest BCUT2D eigenvalue weighted by molar-refractivity contribution is 0.0701. The summed E-state index contributed by atoms with van der Waals surface area (Å²) in [4.78, 5) is 15.2. The van der Waals surface area contributed by atoms with Crippen molar-refractivity contribution in [2.75, 3.05) is 0 Å². The maximum absolute atomic E-state index is 10.7. The summed E-state index contributed by atoms with van der Waals surface area (Å²) in [7, 11) is 0. The lowest BCUT2D eigenvalue weighted by atomic mass is 10.4. The number of aryl methyl sites for hydroxylation is 1. The van der Waals surface area contributed by atoms with Gasteiger partial charge in [-0.25, -0.2) is 9.78 Å². The van der Waals surface area contributed by atoms with E-state index in [2.05, 4.69) is 18.8 Å². The van der Waals surface area contributed by atoms with Gasteiger partial charge in [-0.2, -0.15) is 0 Å². The molecular formula is C8H11NO2S2. The predicted octanol–water partition coefficient (Wildman–Crippen LogP) is 2.65. The molecule has 0 aromatic carbocycles. The second kappa shape index (κ2) is 4.11. The summed E-state index contributed by atoms with van der Waals surface area (Å²) >= 11 is 2.84. The van der Waals surface area contributed by atoms with E-state index in [0.717, 1.165) is 4.34 Å². The fourth-order valence-corrected chi connectivity index (χ4v) is 3.07. The molecule has 3 nitrogen and oxygen atoms in total. The van der Waals surface area contributed by atoms with Crippen LogP contribution in [0, 0.1) is 6.92 Å². The van der Waals surface area contributed by atoms with Gasteiger partial charge in [0.05, 0.1) is 5.69 Å². The first-order chi connectivity index (χ1) is 6.00. The third kappa shape index (κ3) is 2.70. The molecule has 0 bridgehead atoms. The van der Waals surface area contributed by atoms with Crippen molar-refractivity contribution in [1.29, 1.82) is 0 Å². The Hall–Kier alpha value is -0.550. The average molecular weight is 217 g/mol. The number of carbonyl (C=O) groups is 1. The first-order valence-corrected chi connectivity index (χ1v) is 5.57. The van der Waals surface area contributed by atoms with Gasteiger partial charge in [0.1, 0.15) is 4.88 Å². The standard InChI is InChI=1S/C8H11NO2S2/c1-4(2)12-8-9-5(3)6(13-8)7(10)11/h4H,1-3H3,(H,10,11). The number of rotatable bonds is 3. The van der Waals surface area contributed by atoms with E-state index in [1.165, 1.54) is 11.3 Å². The van der Waals surface area contributed by atoms with Crippen molar-refractivity contribution in [3.63, 3.8) is 0 Å². The van der Waals surface area contributed by atoms with Crippen LogP contribution in [0.5, 0.6) is 0 Å². The fourth-order valence-electron chi connectivity index (χ4n) is 0.822. The van der Waals surface area contributed by atoms with Crippen LogP contribution < -0.4 is 0 Å². The van der Waals surface area contributed by atoms with Crippen molar-refractivity contribution >= 4 is 29.1 Å². The normalized spacial score (nSPS) is 10.8. The number of carboxylic acids is 1. The highest BCUT2D eigenvalue weighted by atomic mass is 32.2. The second-order valence-electron chi connectivity index (χ2n) is 2.87. The fraction of sp³-hybridized carbons (Fsp3) is 0.500. The highest BCUT2D eigenvalue weighted by molar-refractivity contribution is 8.01. The molecule has 0 saturated carbocycles. The van der Waals surface area contributed by atoms with Crippen LogP contribution >= 0.6 is 23.1 Å². The van der Waals surface area contributed by atoms with Gasteiger partial charge in [0.2, 0.25) is 0 Å². The van der Waals surface area contributed by atoms with Crippen molar-refractivity contribution < 1.29 is 9.90 Å². The minimum atomic E-state index is -0.884. The van der Waals surface area contributed by atoms with E-state index in [1.54, 1.807) is 18.7 Å². The monoisotopic (exact) mass is 217 g/mol. The Labute approximate surface area is 85.2 Å². The van der Waals surface area contributed by atoms with Crippen LogP contribution in [-0.2, 0) is 0 Å². The van der Waals surface area contributed by atoms with Gasteiger partial charge in [-0.15, -0.1) is 11.3 Å². The second-order valence-corrected chi connectivity index (χ2v) is 5.69. The van der Waals surface area contributed by atoms with Crippen LogP contribution in [0.25, 0.3) is 0 Å². The molecule has 0 aliphatic rings. The lowest BCUT2D eigenvalue weighted by Crippen LogP contribution is -1.94. The zero-order valence-corrected chi connectivity index (χ0v) is 9.33. The first-order valence-electron chi connectivity index (χ1n) is 3.88. The van der Waals surface area contributed by atoms with E-state index in [0.29, 0.717) is 15.8 Å². The molecule has 5 heteroatoms. The molecule has 1 aromatic rings. The molecule has 13 heavy (non-hydrogen) atoms. The maximum Gasteiger partial charge on any atom is 0.347 e. The van der Waals surface area contributed by atoms with Gasteiger partial charge >= 0.3 is 5.97 Å². The Kier molecular flexibility index (Phi) is 3.33. The number of nitrogens with zero attached hydrogens (tertiary/aromatic N) is 1. The summed E-state index contributed by atoms with van der Waals surface area (Å²) in [5.74, 6) is -0.884. The molecule has 0 saturated heterocycles. The lowest BCUT2D eigenvalue weighted by Gasteiger charge is -1.97. The Bertz CT molecular complexity index is 320. The highest BCUT2D eigenvalue weighted by Crippen LogP contribution is 2.29. The van der Waals surface area contributed by atoms with Crippen LogP contribution in [0.15, 0.2) is 4.34 Å². The summed E-state index contributed by atoms with van der Waals surface area (Å²) in [6.07, 6.45) is 0. The number of aromatic carboxylic acids is 1. The molecule has 0 radical (unpaired) electrons. The molecule has 0 aliphatic carbocycles. The van der Waals surface area contributed by atoms with E-state index in [4.69, 9.17) is 5.11 Å². The minimum Gasteiger partial charge on any atom is -0.477 e. The largest absolute Gasteiger partial charge is 0.477 e. The van der Waals surface area contributed by atoms with Gasteiger partial charge in [0.15, 0.2) is 4.34 Å². The van der Waals surface area contributed by atoms with E-state index >= 15 is 0 Å². The highest BCUT2D eigenvalue weighted by Gasteiger charge is 2.14. The van der Waals surface area contributed by atoms with Gasteiger partial charge in [0.25, 0.3) is 0 Å². The van der Waals surface area contributed by atoms with E-state index in [9.17, 15) is 4.79 Å². The van der Waals surface area contributed by atoms with Crippen molar-refractivity contribution in [3.8, 4) is 0 Å². The van der Waals surface area contributed by atoms with Crippen molar-refractivity contribution in [2.24, 2.45) is 0 Å². The molecule has 1 heterocycles. The third-order valence-electron chi connectivity index (χ3n) is 1.31. The first kappa shape index (κ1) is 10.5. The molecule has 1 aromatic heterocycles. The Morgan fingerprint density at radius 3 is 2.62 bits per heavy atom. The smallest absolute Gasteiger partial charge is 0.347 e. The van der Waals surface area contributed by atoms with Gasteiger partial charge < -0.3 is 5.11 Å². The molecule has 0 spiro atoms. The summed E-state index contributed by atoms with van der Waals surface area (Å²) in [6, 6.07) is 0. The average Bonchev–Trinajstić information content (AvgIpc) is 2.29. The number of aromatic nitrogens is 1. The minimum absolute atomic E-state index is 0.350. The molecule has 0 unspecified atom stereocenters. The predicted molar refractivity (Wildman–Crippen MR) is 54.8 cm³/mol. The SMILES string of the molecule is Cc1nc(SC(C)C)sc1C(=O)O. The summed E-state index contributed by atoms with van der Waals surface area (Å²) in [5.41, 5.74) is 0.612. The van der Waals surface area contributed by atoms with Crippen molar-refractivity contribution in [2.45, 2.75) is 30.4 Å². The van der Waals surface area contributed by atoms with Crippen LogP contribution in [0.2, 0.25) is 0 Å². The van der Waals surface area contributed by atoms with E-state index < -0.39 is 5.97 Å². The summed E-state index contributed by atoms with van der Waals surface area (Å²) in [6.45, 7) is 5.84. The number of hydrogen-bond acceptors (Lipinski definition) is 4. The molecule has 0 aliphatic heterocycles. The molecule has 1 N–H and O–H groups in total. The zero-order chi connectivity index (χ0) is 10.0. The van der Waals surface area contributed by atoms with Gasteiger partial charge in [0, 0.05) is 5.25 Å². The Morgan fingerprint density at radius 2 is 2.23 bits per heavy atom. The van der Waals surface area contributed by atoms with E-state index in [-0.39, 0.29) is 0 Å². The molecule has 1 rings (SSSR count). The van der Waals surface area contributed by atoms with Gasteiger partial charge in [-0.05, 0) is 6.92 Å². The van der Waals surface area contributed by atoms with Crippen molar-refractivity contribution in [3.05, 3.63) is 10.6 Å². The summed E-state index contributed by atoms with van der Waals surface area (Å²) in [5, 5.41) is 9.21. The number of thiazole rings is 1. The Balaban J connectivity index is 2.89. The number of carboxylic acid groups (broad SMARTS) is 1. The van der Waals surface area contributed by atoms with Crippen LogP contribution in [0.3, 0.4) is 0 Å². The van der Waals surface area contributed by atoms with Gasteiger partial charge in [-0.3, -0.25) is 0 Å². The quantitative estimate of drug-likeness (QED) is 0.791. The molecule has 72 valence electrons. The molecular weight excluding hydrogens is 206 g/mol. The zero-order valence-electron chi connectivity index (χ0n) is 7.70. The summed E-state index contributed by atoms with van der Waals surface area (Å²) < 4.78 is 0.838. The van der Waals surface area contributed by atoms with Crippen molar-refractivity contribution in [1.82, 2.24) is 4.98 Å². The topological polar surface area (TPSA) is 50.2 Å². The molecule has 0 atom stereocenters. The maximum atomic E-state index is 10.7. The third-order valence-corrected chi connectivity index (χ3v) is 3.55. The van der Waals surface area contributed by atoms with Gasteiger partial charge in [-0.1, -0.05) is 25.6 Å². The Morgan fingerprint density at radius 1 is 1.62 bits per heavy atom.